The Morgan fingerprint density at radius 1 is 0.710 bits per heavy atom. The molecule has 0 bridgehead atoms. The summed E-state index contributed by atoms with van der Waals surface area (Å²) in [5.74, 6) is 8.41. The summed E-state index contributed by atoms with van der Waals surface area (Å²) >= 11 is -1.90. The van der Waals surface area contributed by atoms with Crippen LogP contribution in [-0.4, -0.2) is 32.8 Å². The summed E-state index contributed by atoms with van der Waals surface area (Å²) in [6.45, 7) is 13.5. The van der Waals surface area contributed by atoms with Gasteiger partial charge in [-0.3, -0.25) is 4.98 Å². The molecule has 6 aromatic carbocycles. The molecular weight excluding hydrogens is 997 g/mol. The smallest absolute Gasteiger partial charge is 0.216 e. The van der Waals surface area contributed by atoms with Gasteiger partial charge in [0.2, 0.25) is 5.71 Å². The van der Waals surface area contributed by atoms with Crippen LogP contribution in [-0.2, 0) is 26.5 Å². The molecule has 62 heavy (non-hydrogen) atoms. The van der Waals surface area contributed by atoms with E-state index in [2.05, 4.69) is 171 Å². The van der Waals surface area contributed by atoms with E-state index in [4.69, 9.17) is 14.4 Å². The molecule has 10 aromatic rings. The zero-order chi connectivity index (χ0) is 42.6. The van der Waals surface area contributed by atoms with Gasteiger partial charge in [0, 0.05) is 36.6 Å². The second kappa shape index (κ2) is 17.1. The van der Waals surface area contributed by atoms with Gasteiger partial charge in [0.25, 0.3) is 0 Å². The predicted molar refractivity (Wildman–Crippen MR) is 259 cm³/mol. The number of para-hydroxylation sites is 2. The van der Waals surface area contributed by atoms with Crippen LogP contribution in [0.2, 0.25) is 17.3 Å². The van der Waals surface area contributed by atoms with Crippen molar-refractivity contribution >= 4 is 72.3 Å². The van der Waals surface area contributed by atoms with Gasteiger partial charge in [-0.25, -0.2) is 4.98 Å². The van der Waals surface area contributed by atoms with Crippen LogP contribution in [0.1, 0.15) is 57.4 Å². The molecule has 1 radical (unpaired) electrons. The standard InChI is InChI=1S/C36H26N3O.C19H26GeN.Ir/c1-21(2)32-25-13-6-4-11-23(25)24-12-5-7-14-26(24)33(32)39-31-18-9-8-17-30(31)38-35(39)29-16-10-15-27-28-20-19-22(3)37-36(28)40-34(27)29;1-19(2,3)13-16-12-18(15-10-8-7-9-11-15)21-14-17(16)20(4,5)6;/h4-15,17-21H,1-3H3;7-10,12,14H,13H2,1-6H3;/q2*-1;. The molecule has 4 heterocycles. The van der Waals surface area contributed by atoms with Gasteiger partial charge in [0.15, 0.2) is 0 Å². The average molecular weight is 1050 g/mol. The first-order valence-electron chi connectivity index (χ1n) is 21.4. The Hall–Kier alpha value is -5.40. The van der Waals surface area contributed by atoms with Crippen molar-refractivity contribution in [1.82, 2.24) is 19.5 Å². The van der Waals surface area contributed by atoms with E-state index in [1.165, 1.54) is 37.1 Å². The number of rotatable bonds is 6. The van der Waals surface area contributed by atoms with Crippen LogP contribution in [0.15, 0.2) is 138 Å². The average Bonchev–Trinajstić information content (AvgIpc) is 3.81. The summed E-state index contributed by atoms with van der Waals surface area (Å²) in [5, 5.41) is 6.97. The SMILES string of the molecule is CC(C)(C)Cc1cc(-c2[c-]cccc2)nc[c]1[Ge]([CH3])([CH3])[CH3].Cc1ccc2c(n1)oc1c(-c3nc4ccccc4n3-c3c(C(C)C)c4ccccc4c4ccccc34)[c-]ccc12.[Ir]. The third kappa shape index (κ3) is 8.17. The van der Waals surface area contributed by atoms with Gasteiger partial charge in [0.05, 0.1) is 28.1 Å². The molecule has 4 aromatic heterocycles. The fourth-order valence-corrected chi connectivity index (χ4v) is 12.2. The van der Waals surface area contributed by atoms with Crippen LogP contribution in [0.25, 0.3) is 83.0 Å². The number of pyridine rings is 2. The third-order valence-corrected chi connectivity index (χ3v) is 15.8. The fourth-order valence-electron chi connectivity index (χ4n) is 8.87. The monoisotopic (exact) mass is 1050 g/mol. The minimum absolute atomic E-state index is 0. The van der Waals surface area contributed by atoms with E-state index >= 15 is 0 Å². The second-order valence-corrected chi connectivity index (χ2v) is 29.3. The van der Waals surface area contributed by atoms with Crippen molar-refractivity contribution in [2.24, 2.45) is 5.41 Å². The minimum Gasteiger partial charge on any atom is -0.486 e. The normalized spacial score (nSPS) is 12.0. The number of fused-ring (bicyclic) bond motifs is 7. The zero-order valence-electron chi connectivity index (χ0n) is 37.0. The molecule has 7 heteroatoms. The van der Waals surface area contributed by atoms with Crippen LogP contribution < -0.4 is 4.40 Å². The number of benzene rings is 6. The number of hydrogen-bond acceptors (Lipinski definition) is 4. The number of aryl methyl sites for hydroxylation is 1. The molecule has 0 atom stereocenters. The maximum atomic E-state index is 6.45. The number of furan rings is 1. The number of nitrogens with zero attached hydrogens (tertiary/aromatic N) is 4. The molecular formula is C55H52GeIrN4O-2. The first-order valence-corrected chi connectivity index (χ1v) is 28.7. The number of imidazole rings is 1. The predicted octanol–water partition coefficient (Wildman–Crippen LogP) is 14.2. The van der Waals surface area contributed by atoms with Gasteiger partial charge in [-0.2, -0.15) is 0 Å². The van der Waals surface area contributed by atoms with Crippen molar-refractivity contribution in [3.8, 4) is 28.3 Å². The maximum absolute atomic E-state index is 6.45. The molecule has 5 nitrogen and oxygen atoms in total. The topological polar surface area (TPSA) is 56.7 Å². The molecule has 0 aliphatic rings. The van der Waals surface area contributed by atoms with E-state index in [0.29, 0.717) is 11.1 Å². The van der Waals surface area contributed by atoms with Gasteiger partial charge in [-0.1, -0.05) is 85.5 Å². The Balaban J connectivity index is 0.000000205. The summed E-state index contributed by atoms with van der Waals surface area (Å²) in [7, 11) is 0. The largest absolute Gasteiger partial charge is 0.486 e. The molecule has 0 fully saturated rings. The molecule has 10 rings (SSSR count). The van der Waals surface area contributed by atoms with Gasteiger partial charge < -0.3 is 8.98 Å². The van der Waals surface area contributed by atoms with Crippen LogP contribution in [0.4, 0.5) is 0 Å². The number of hydrogen-bond donors (Lipinski definition) is 0. The van der Waals surface area contributed by atoms with Crippen molar-refractivity contribution in [2.45, 2.75) is 71.1 Å². The Kier molecular flexibility index (Phi) is 11.9. The van der Waals surface area contributed by atoms with Gasteiger partial charge >= 0.3 is 132 Å². The molecule has 0 N–H and O–H groups in total. The molecule has 0 amide bonds. The summed E-state index contributed by atoms with van der Waals surface area (Å²) in [6, 6.07) is 51.1. The summed E-state index contributed by atoms with van der Waals surface area (Å²) in [6.07, 6.45) is 3.24. The Bertz CT molecular complexity index is 3240. The molecule has 0 aliphatic carbocycles. The summed E-state index contributed by atoms with van der Waals surface area (Å²) in [4.78, 5) is 14.6. The van der Waals surface area contributed by atoms with Gasteiger partial charge in [0.1, 0.15) is 0 Å². The molecule has 0 saturated carbocycles. The molecule has 0 saturated heterocycles. The van der Waals surface area contributed by atoms with Crippen molar-refractivity contribution < 1.29 is 24.5 Å². The first-order chi connectivity index (χ1) is 29.3. The Morgan fingerprint density at radius 3 is 2.08 bits per heavy atom. The van der Waals surface area contributed by atoms with E-state index in [1.807, 2.05) is 43.3 Å². The maximum Gasteiger partial charge on any atom is 0.216 e. The van der Waals surface area contributed by atoms with Gasteiger partial charge in [-0.05, 0) is 58.8 Å². The Morgan fingerprint density at radius 2 is 1.39 bits per heavy atom. The Labute approximate surface area is 381 Å². The van der Waals surface area contributed by atoms with Crippen LogP contribution in [0.5, 0.6) is 0 Å². The van der Waals surface area contributed by atoms with E-state index < -0.39 is 13.3 Å². The van der Waals surface area contributed by atoms with Crippen molar-refractivity contribution in [3.05, 3.63) is 163 Å². The van der Waals surface area contributed by atoms with Crippen molar-refractivity contribution in [3.63, 3.8) is 0 Å². The van der Waals surface area contributed by atoms with E-state index in [-0.39, 0.29) is 26.0 Å². The van der Waals surface area contributed by atoms with Crippen LogP contribution in [0.3, 0.4) is 0 Å². The van der Waals surface area contributed by atoms with Crippen LogP contribution >= 0.6 is 0 Å². The van der Waals surface area contributed by atoms with E-state index in [1.54, 1.807) is 0 Å². The zero-order valence-corrected chi connectivity index (χ0v) is 41.5. The molecule has 0 unspecified atom stereocenters. The number of aromatic nitrogens is 4. The molecule has 0 spiro atoms. The minimum atomic E-state index is -1.90. The van der Waals surface area contributed by atoms with E-state index in [9.17, 15) is 0 Å². The first kappa shape index (κ1) is 43.3. The fraction of sp³-hybridized carbons (Fsp3) is 0.218. The molecule has 0 aliphatic heterocycles. The van der Waals surface area contributed by atoms with Crippen LogP contribution in [0, 0.1) is 24.5 Å². The second-order valence-electron chi connectivity index (χ2n) is 18.8. The van der Waals surface area contributed by atoms with E-state index in [0.717, 1.165) is 67.8 Å². The van der Waals surface area contributed by atoms with Gasteiger partial charge in [-0.15, -0.1) is 18.2 Å². The quantitative estimate of drug-likeness (QED) is 0.0946. The molecule has 313 valence electrons. The third-order valence-electron chi connectivity index (χ3n) is 11.5. The van der Waals surface area contributed by atoms with Crippen molar-refractivity contribution in [2.75, 3.05) is 0 Å². The van der Waals surface area contributed by atoms with Crippen molar-refractivity contribution in [1.29, 1.82) is 0 Å². The summed E-state index contributed by atoms with van der Waals surface area (Å²) < 4.78 is 10.3. The summed E-state index contributed by atoms with van der Waals surface area (Å²) in [5.41, 5.74) is 11.5.